The molecule has 0 aliphatic carbocycles. The van der Waals surface area contributed by atoms with Crippen molar-refractivity contribution in [3.05, 3.63) is 34.9 Å². The van der Waals surface area contributed by atoms with Crippen LogP contribution in [0.3, 0.4) is 0 Å². The minimum Gasteiger partial charge on any atom is -0.339 e. The Morgan fingerprint density at radius 2 is 2.09 bits per heavy atom. The summed E-state index contributed by atoms with van der Waals surface area (Å²) >= 11 is 6.18. The third-order valence-electron chi connectivity index (χ3n) is 3.97. The summed E-state index contributed by atoms with van der Waals surface area (Å²) in [7, 11) is -3.29. The van der Waals surface area contributed by atoms with Gasteiger partial charge in [0.25, 0.3) is 0 Å². The van der Waals surface area contributed by atoms with E-state index in [1.54, 1.807) is 11.8 Å². The van der Waals surface area contributed by atoms with Gasteiger partial charge in [-0.15, -0.1) is 0 Å². The van der Waals surface area contributed by atoms with Crippen molar-refractivity contribution in [3.63, 3.8) is 0 Å². The Bertz CT molecular complexity index is 630. The molecule has 1 amide bonds. The fraction of sp³-hybridized carbons (Fsp3) is 0.562. The van der Waals surface area contributed by atoms with E-state index in [4.69, 9.17) is 11.6 Å². The fourth-order valence-electron chi connectivity index (χ4n) is 2.95. The van der Waals surface area contributed by atoms with E-state index in [2.05, 4.69) is 0 Å². The van der Waals surface area contributed by atoms with Gasteiger partial charge in [-0.05, 0) is 37.3 Å². The van der Waals surface area contributed by atoms with Gasteiger partial charge >= 0.3 is 0 Å². The van der Waals surface area contributed by atoms with Crippen molar-refractivity contribution in [2.45, 2.75) is 38.6 Å². The smallest absolute Gasteiger partial charge is 0.238 e. The number of amides is 1. The molecule has 1 aliphatic heterocycles. The van der Waals surface area contributed by atoms with Crippen molar-refractivity contribution in [3.8, 4) is 0 Å². The molecule has 1 fully saturated rings. The molecule has 1 aromatic carbocycles. The van der Waals surface area contributed by atoms with E-state index in [9.17, 15) is 13.2 Å². The van der Waals surface area contributed by atoms with Crippen LogP contribution in [0.2, 0.25) is 5.02 Å². The van der Waals surface area contributed by atoms with E-state index in [0.29, 0.717) is 24.4 Å². The second-order valence-corrected chi connectivity index (χ2v) is 8.36. The Labute approximate surface area is 137 Å². The predicted molar refractivity (Wildman–Crippen MR) is 88.8 cm³/mol. The quantitative estimate of drug-likeness (QED) is 0.798. The summed E-state index contributed by atoms with van der Waals surface area (Å²) < 4.78 is 23.7. The Kier molecular flexibility index (Phi) is 5.87. The molecule has 1 unspecified atom stereocenters. The lowest BCUT2D eigenvalue weighted by Gasteiger charge is -2.25. The zero-order valence-electron chi connectivity index (χ0n) is 12.8. The highest BCUT2D eigenvalue weighted by atomic mass is 35.5. The first-order valence-corrected chi connectivity index (χ1v) is 9.86. The van der Waals surface area contributed by atoms with Gasteiger partial charge in [0.05, 0.1) is 5.75 Å². The number of hydrogen-bond acceptors (Lipinski definition) is 3. The molecule has 1 atom stereocenters. The molecule has 0 saturated carbocycles. The molecule has 1 saturated heterocycles. The number of halogens is 1. The summed E-state index contributed by atoms with van der Waals surface area (Å²) in [4.78, 5) is 14.1. The van der Waals surface area contributed by atoms with Crippen molar-refractivity contribution < 1.29 is 13.2 Å². The van der Waals surface area contributed by atoms with Gasteiger partial charge in [-0.1, -0.05) is 36.7 Å². The van der Waals surface area contributed by atoms with E-state index in [1.165, 1.54) is 0 Å². The van der Waals surface area contributed by atoms with E-state index in [0.717, 1.165) is 18.4 Å². The lowest BCUT2D eigenvalue weighted by atomic mass is 10.0. The first kappa shape index (κ1) is 17.3. The summed E-state index contributed by atoms with van der Waals surface area (Å²) in [6.07, 6.45) is 3.03. The number of carbonyl (C=O) groups is 1. The maximum Gasteiger partial charge on any atom is 0.238 e. The average Bonchev–Trinajstić information content (AvgIpc) is 2.89. The zero-order chi connectivity index (χ0) is 16.2. The molecule has 1 aromatic rings. The topological polar surface area (TPSA) is 54.5 Å². The highest BCUT2D eigenvalue weighted by Crippen LogP contribution is 2.25. The number of likely N-dealkylation sites (tertiary alicyclic amines) is 1. The lowest BCUT2D eigenvalue weighted by molar-refractivity contribution is -0.129. The van der Waals surface area contributed by atoms with Gasteiger partial charge < -0.3 is 4.90 Å². The molecule has 1 heterocycles. The third kappa shape index (κ3) is 4.46. The van der Waals surface area contributed by atoms with E-state index in [1.807, 2.05) is 24.3 Å². The second-order valence-electron chi connectivity index (χ2n) is 5.77. The lowest BCUT2D eigenvalue weighted by Crippen LogP contribution is -2.40. The van der Waals surface area contributed by atoms with E-state index < -0.39 is 9.84 Å². The summed E-state index contributed by atoms with van der Waals surface area (Å²) in [6, 6.07) is 7.64. The molecule has 1 aliphatic rings. The highest BCUT2D eigenvalue weighted by molar-refractivity contribution is 7.92. The zero-order valence-corrected chi connectivity index (χ0v) is 14.4. The molecule has 2 rings (SSSR count). The van der Waals surface area contributed by atoms with Crippen molar-refractivity contribution in [2.24, 2.45) is 0 Å². The van der Waals surface area contributed by atoms with Gasteiger partial charge in [0.2, 0.25) is 5.91 Å². The maximum atomic E-state index is 12.3. The van der Waals surface area contributed by atoms with Crippen LogP contribution in [0.15, 0.2) is 24.3 Å². The molecule has 0 N–H and O–H groups in total. The van der Waals surface area contributed by atoms with Crippen LogP contribution >= 0.6 is 11.6 Å². The monoisotopic (exact) mass is 343 g/mol. The molecule has 0 radical (unpaired) electrons. The molecular formula is C16H22ClNO3S. The number of nitrogens with zero attached hydrogens (tertiary/aromatic N) is 1. The number of sulfone groups is 1. The Morgan fingerprint density at radius 3 is 2.77 bits per heavy atom. The van der Waals surface area contributed by atoms with Crippen LogP contribution < -0.4 is 0 Å². The summed E-state index contributed by atoms with van der Waals surface area (Å²) in [5, 5.41) is 0.695. The number of benzene rings is 1. The highest BCUT2D eigenvalue weighted by Gasteiger charge is 2.31. The summed E-state index contributed by atoms with van der Waals surface area (Å²) in [6.45, 7) is 2.44. The Morgan fingerprint density at radius 1 is 1.36 bits per heavy atom. The maximum absolute atomic E-state index is 12.3. The van der Waals surface area contributed by atoms with Crippen molar-refractivity contribution in [1.82, 2.24) is 4.90 Å². The molecule has 0 bridgehead atoms. The molecule has 122 valence electrons. The molecule has 0 aromatic heterocycles. The van der Waals surface area contributed by atoms with Crippen LogP contribution in [0.25, 0.3) is 0 Å². The van der Waals surface area contributed by atoms with Gasteiger partial charge in [0.1, 0.15) is 5.75 Å². The average molecular weight is 344 g/mol. The molecule has 4 nitrogen and oxygen atoms in total. The van der Waals surface area contributed by atoms with Crippen LogP contribution in [-0.2, 0) is 21.1 Å². The van der Waals surface area contributed by atoms with Crippen LogP contribution in [0.5, 0.6) is 0 Å². The standard InChI is InChI=1S/C16H22ClNO3S/c1-2-10-22(20,21)12-16(19)18-9-5-7-14(18)11-13-6-3-4-8-15(13)17/h3-4,6,8,14H,2,5,7,9-12H2,1H3. The van der Waals surface area contributed by atoms with Crippen molar-refractivity contribution in [2.75, 3.05) is 18.1 Å². The second kappa shape index (κ2) is 7.47. The van der Waals surface area contributed by atoms with Crippen LogP contribution in [0, 0.1) is 0 Å². The molecule has 0 spiro atoms. The number of carbonyl (C=O) groups excluding carboxylic acids is 1. The number of rotatable bonds is 6. The van der Waals surface area contributed by atoms with Crippen LogP contribution in [-0.4, -0.2) is 43.3 Å². The van der Waals surface area contributed by atoms with Gasteiger partial charge in [-0.3, -0.25) is 4.79 Å². The molecule has 22 heavy (non-hydrogen) atoms. The summed E-state index contributed by atoms with van der Waals surface area (Å²) in [5.74, 6) is -0.579. The third-order valence-corrected chi connectivity index (χ3v) is 6.06. The Hall–Kier alpha value is -1.07. The van der Waals surface area contributed by atoms with Gasteiger partial charge in [-0.25, -0.2) is 8.42 Å². The summed E-state index contributed by atoms with van der Waals surface area (Å²) in [5.41, 5.74) is 1.00. The largest absolute Gasteiger partial charge is 0.339 e. The first-order chi connectivity index (χ1) is 10.4. The predicted octanol–water partition coefficient (Wildman–Crippen LogP) is 2.70. The number of hydrogen-bond donors (Lipinski definition) is 0. The SMILES string of the molecule is CCCS(=O)(=O)CC(=O)N1CCCC1Cc1ccccc1Cl. The van der Waals surface area contributed by atoms with Gasteiger partial charge in [0.15, 0.2) is 9.84 Å². The van der Waals surface area contributed by atoms with Gasteiger partial charge in [-0.2, -0.15) is 0 Å². The fourth-order valence-corrected chi connectivity index (χ4v) is 4.47. The Balaban J connectivity index is 2.04. The minimum atomic E-state index is -3.29. The van der Waals surface area contributed by atoms with E-state index >= 15 is 0 Å². The first-order valence-electron chi connectivity index (χ1n) is 7.66. The van der Waals surface area contributed by atoms with E-state index in [-0.39, 0.29) is 23.5 Å². The normalized spacial score (nSPS) is 18.6. The molecular weight excluding hydrogens is 322 g/mol. The molecule has 6 heteroatoms. The minimum absolute atomic E-state index is 0.0456. The van der Waals surface area contributed by atoms with Crippen LogP contribution in [0.4, 0.5) is 0 Å². The van der Waals surface area contributed by atoms with Crippen LogP contribution in [0.1, 0.15) is 31.7 Å². The van der Waals surface area contributed by atoms with Gasteiger partial charge in [0, 0.05) is 17.6 Å². The van der Waals surface area contributed by atoms with Crippen molar-refractivity contribution in [1.29, 1.82) is 0 Å². The van der Waals surface area contributed by atoms with Crippen molar-refractivity contribution >= 4 is 27.3 Å².